The molecule has 0 spiro atoms. The van der Waals surface area contributed by atoms with Gasteiger partial charge in [-0.05, 0) is 30.6 Å². The van der Waals surface area contributed by atoms with Crippen LogP contribution in [0.25, 0.3) is 0 Å². The van der Waals surface area contributed by atoms with Crippen molar-refractivity contribution in [3.63, 3.8) is 0 Å². The number of allylic oxidation sites excluding steroid dienone is 1. The summed E-state index contributed by atoms with van der Waals surface area (Å²) < 4.78 is 0. The number of rotatable bonds is 0. The zero-order chi connectivity index (χ0) is 7.19. The molecule has 2 aliphatic rings. The van der Waals surface area contributed by atoms with Gasteiger partial charge in [0.05, 0.1) is 6.10 Å². The van der Waals surface area contributed by atoms with E-state index in [0.29, 0.717) is 0 Å². The normalized spacial score (nSPS) is 51.8. The van der Waals surface area contributed by atoms with Gasteiger partial charge in [0.2, 0.25) is 0 Å². The molecule has 0 heterocycles. The molecule has 10 heavy (non-hydrogen) atoms. The van der Waals surface area contributed by atoms with Crippen LogP contribution in [0.5, 0.6) is 0 Å². The first-order chi connectivity index (χ1) is 4.71. The van der Waals surface area contributed by atoms with Crippen LogP contribution in [0.4, 0.5) is 0 Å². The SMILES string of the molecule is C[C@]12CC[C@H](C=C[C@@H]1O)C2. The van der Waals surface area contributed by atoms with Crippen LogP contribution in [-0.2, 0) is 0 Å². The topological polar surface area (TPSA) is 20.2 Å². The van der Waals surface area contributed by atoms with Crippen molar-refractivity contribution >= 4 is 0 Å². The van der Waals surface area contributed by atoms with Gasteiger partial charge in [-0.2, -0.15) is 0 Å². The van der Waals surface area contributed by atoms with Crippen LogP contribution in [0.1, 0.15) is 26.2 Å². The lowest BCUT2D eigenvalue weighted by molar-refractivity contribution is 0.0740. The molecule has 1 heteroatoms. The first kappa shape index (κ1) is 6.41. The lowest BCUT2D eigenvalue weighted by Gasteiger charge is -2.30. The van der Waals surface area contributed by atoms with Crippen molar-refractivity contribution in [1.29, 1.82) is 0 Å². The molecule has 0 aromatic carbocycles. The molecule has 0 aromatic heterocycles. The fourth-order valence-corrected chi connectivity index (χ4v) is 2.25. The summed E-state index contributed by atoms with van der Waals surface area (Å²) in [5.74, 6) is 0.772. The van der Waals surface area contributed by atoms with Crippen molar-refractivity contribution < 1.29 is 5.11 Å². The molecule has 1 N–H and O–H groups in total. The molecule has 1 fully saturated rings. The molecule has 2 rings (SSSR count). The number of fused-ring (bicyclic) bond motifs is 2. The van der Waals surface area contributed by atoms with Gasteiger partial charge in [-0.1, -0.05) is 19.1 Å². The lowest BCUT2D eigenvalue weighted by atomic mass is 9.79. The van der Waals surface area contributed by atoms with E-state index in [-0.39, 0.29) is 11.5 Å². The summed E-state index contributed by atoms with van der Waals surface area (Å²) in [4.78, 5) is 0. The molecular formula is C9H14O. The van der Waals surface area contributed by atoms with E-state index in [4.69, 9.17) is 0 Å². The van der Waals surface area contributed by atoms with Gasteiger partial charge in [0.15, 0.2) is 0 Å². The Bertz CT molecular complexity index is 174. The molecule has 2 bridgehead atoms. The Labute approximate surface area is 61.8 Å². The molecule has 1 nitrogen and oxygen atoms in total. The maximum atomic E-state index is 9.57. The van der Waals surface area contributed by atoms with E-state index in [9.17, 15) is 5.11 Å². The van der Waals surface area contributed by atoms with Gasteiger partial charge in [0.25, 0.3) is 0 Å². The summed E-state index contributed by atoms with van der Waals surface area (Å²) >= 11 is 0. The summed E-state index contributed by atoms with van der Waals surface area (Å²) in [5, 5.41) is 9.57. The summed E-state index contributed by atoms with van der Waals surface area (Å²) in [7, 11) is 0. The zero-order valence-corrected chi connectivity index (χ0v) is 6.38. The van der Waals surface area contributed by atoms with E-state index in [1.54, 1.807) is 0 Å². The third-order valence-corrected chi connectivity index (χ3v) is 3.09. The van der Waals surface area contributed by atoms with Gasteiger partial charge in [-0.3, -0.25) is 0 Å². The quantitative estimate of drug-likeness (QED) is 0.505. The van der Waals surface area contributed by atoms with Gasteiger partial charge in [-0.25, -0.2) is 0 Å². The third-order valence-electron chi connectivity index (χ3n) is 3.09. The first-order valence-corrected chi connectivity index (χ1v) is 4.07. The number of hydrogen-bond donors (Lipinski definition) is 1. The Kier molecular flexibility index (Phi) is 1.19. The minimum absolute atomic E-state index is 0.175. The lowest BCUT2D eigenvalue weighted by Crippen LogP contribution is -2.29. The predicted molar refractivity (Wildman–Crippen MR) is 40.6 cm³/mol. The maximum Gasteiger partial charge on any atom is 0.0774 e. The van der Waals surface area contributed by atoms with Gasteiger partial charge >= 0.3 is 0 Å². The zero-order valence-electron chi connectivity index (χ0n) is 6.38. The van der Waals surface area contributed by atoms with E-state index in [0.717, 1.165) is 5.92 Å². The van der Waals surface area contributed by atoms with Crippen LogP contribution in [0.3, 0.4) is 0 Å². The Morgan fingerprint density at radius 3 is 3.00 bits per heavy atom. The number of hydrogen-bond acceptors (Lipinski definition) is 1. The van der Waals surface area contributed by atoms with Crippen molar-refractivity contribution in [3.05, 3.63) is 12.2 Å². The number of aliphatic hydroxyl groups is 1. The van der Waals surface area contributed by atoms with Gasteiger partial charge in [0.1, 0.15) is 0 Å². The summed E-state index contributed by atoms with van der Waals surface area (Å²) in [6.45, 7) is 2.20. The van der Waals surface area contributed by atoms with Crippen LogP contribution < -0.4 is 0 Å². The highest BCUT2D eigenvalue weighted by Crippen LogP contribution is 2.47. The fourth-order valence-electron chi connectivity index (χ4n) is 2.25. The van der Waals surface area contributed by atoms with Gasteiger partial charge in [0, 0.05) is 0 Å². The second-order valence-electron chi connectivity index (χ2n) is 3.99. The molecule has 2 aliphatic carbocycles. The van der Waals surface area contributed by atoms with E-state index < -0.39 is 0 Å². The Balaban J connectivity index is 2.29. The summed E-state index contributed by atoms with van der Waals surface area (Å²) in [6, 6.07) is 0. The summed E-state index contributed by atoms with van der Waals surface area (Å²) in [6.07, 6.45) is 7.66. The second kappa shape index (κ2) is 1.85. The van der Waals surface area contributed by atoms with Crippen molar-refractivity contribution in [1.82, 2.24) is 0 Å². The molecule has 0 aliphatic heterocycles. The van der Waals surface area contributed by atoms with Crippen LogP contribution in [0.15, 0.2) is 12.2 Å². The average Bonchev–Trinajstić information content (AvgIpc) is 2.22. The average molecular weight is 138 g/mol. The standard InChI is InChI=1S/C9H14O/c1-9-5-4-7(6-9)2-3-8(9)10/h2-3,7-8,10H,4-6H2,1H3/t7-,8-,9+/m0/s1. The largest absolute Gasteiger partial charge is 0.388 e. The first-order valence-electron chi connectivity index (χ1n) is 4.07. The van der Waals surface area contributed by atoms with Gasteiger partial charge in [-0.15, -0.1) is 0 Å². The van der Waals surface area contributed by atoms with Crippen molar-refractivity contribution in [2.24, 2.45) is 11.3 Å². The molecule has 0 amide bonds. The molecule has 1 saturated carbocycles. The molecular weight excluding hydrogens is 124 g/mol. The van der Waals surface area contributed by atoms with E-state index in [2.05, 4.69) is 13.0 Å². The van der Waals surface area contributed by atoms with Crippen molar-refractivity contribution in [2.45, 2.75) is 32.3 Å². The number of aliphatic hydroxyl groups excluding tert-OH is 1. The highest BCUT2D eigenvalue weighted by Gasteiger charge is 2.41. The van der Waals surface area contributed by atoms with Crippen LogP contribution in [0, 0.1) is 11.3 Å². The molecule has 0 aromatic rings. The van der Waals surface area contributed by atoms with Crippen molar-refractivity contribution in [2.75, 3.05) is 0 Å². The summed E-state index contributed by atoms with van der Waals surface area (Å²) in [5.41, 5.74) is 0.222. The molecule has 0 radical (unpaired) electrons. The fraction of sp³-hybridized carbons (Fsp3) is 0.778. The molecule has 0 unspecified atom stereocenters. The molecule has 56 valence electrons. The predicted octanol–water partition coefficient (Wildman–Crippen LogP) is 1.72. The van der Waals surface area contributed by atoms with E-state index in [1.165, 1.54) is 19.3 Å². The van der Waals surface area contributed by atoms with Crippen molar-refractivity contribution in [3.8, 4) is 0 Å². The van der Waals surface area contributed by atoms with Crippen LogP contribution in [0.2, 0.25) is 0 Å². The second-order valence-corrected chi connectivity index (χ2v) is 3.99. The minimum atomic E-state index is -0.175. The van der Waals surface area contributed by atoms with Crippen LogP contribution >= 0.6 is 0 Å². The van der Waals surface area contributed by atoms with Crippen LogP contribution in [-0.4, -0.2) is 11.2 Å². The smallest absolute Gasteiger partial charge is 0.0774 e. The third kappa shape index (κ3) is 0.734. The highest BCUT2D eigenvalue weighted by molar-refractivity contribution is 5.11. The minimum Gasteiger partial charge on any atom is -0.388 e. The molecule has 0 saturated heterocycles. The Morgan fingerprint density at radius 1 is 1.50 bits per heavy atom. The monoisotopic (exact) mass is 138 g/mol. The van der Waals surface area contributed by atoms with Gasteiger partial charge < -0.3 is 5.11 Å². The Morgan fingerprint density at radius 2 is 2.30 bits per heavy atom. The Hall–Kier alpha value is -0.300. The highest BCUT2D eigenvalue weighted by atomic mass is 16.3. The molecule has 3 atom stereocenters. The van der Waals surface area contributed by atoms with E-state index in [1.807, 2.05) is 6.08 Å². The van der Waals surface area contributed by atoms with E-state index >= 15 is 0 Å². The maximum absolute atomic E-state index is 9.57.